The Morgan fingerprint density at radius 2 is 1.71 bits per heavy atom. The van der Waals surface area contributed by atoms with Crippen LogP contribution in [0.5, 0.6) is 5.75 Å². The largest absolute Gasteiger partial charge is 0.487 e. The third-order valence-electron chi connectivity index (χ3n) is 4.30. The first-order valence-electron chi connectivity index (χ1n) is 9.22. The molecule has 1 N–H and O–H groups in total. The summed E-state index contributed by atoms with van der Waals surface area (Å²) in [6.45, 7) is 2.45. The van der Waals surface area contributed by atoms with Crippen LogP contribution in [0.25, 0.3) is 6.08 Å². The van der Waals surface area contributed by atoms with Gasteiger partial charge in [-0.05, 0) is 92.4 Å². The van der Waals surface area contributed by atoms with Crippen molar-refractivity contribution < 1.29 is 9.53 Å². The lowest BCUT2D eigenvalue weighted by Crippen LogP contribution is -2.13. The average molecular weight is 561 g/mol. The van der Waals surface area contributed by atoms with Gasteiger partial charge in [-0.3, -0.25) is 4.79 Å². The molecule has 0 aliphatic carbocycles. The summed E-state index contributed by atoms with van der Waals surface area (Å²) in [4.78, 5) is 12.5. The van der Waals surface area contributed by atoms with E-state index in [1.165, 1.54) is 11.6 Å². The molecular formula is C24H17Br2ClN2O2. The van der Waals surface area contributed by atoms with Gasteiger partial charge in [0.15, 0.2) is 0 Å². The summed E-state index contributed by atoms with van der Waals surface area (Å²) in [6.07, 6.45) is 1.52. The summed E-state index contributed by atoms with van der Waals surface area (Å²) >= 11 is 12.9. The van der Waals surface area contributed by atoms with E-state index >= 15 is 0 Å². The highest BCUT2D eigenvalue weighted by atomic mass is 79.9. The Labute approximate surface area is 202 Å². The van der Waals surface area contributed by atoms with Crippen LogP contribution in [0.15, 0.2) is 75.2 Å². The summed E-state index contributed by atoms with van der Waals surface area (Å²) in [5.41, 5.74) is 3.44. The minimum Gasteiger partial charge on any atom is -0.487 e. The fraction of sp³-hybridized carbons (Fsp3) is 0.0833. The number of benzene rings is 3. The molecule has 0 aromatic heterocycles. The molecule has 0 radical (unpaired) electrons. The molecule has 4 nitrogen and oxygen atoms in total. The van der Waals surface area contributed by atoms with Crippen molar-refractivity contribution in [3.63, 3.8) is 0 Å². The number of nitrogens with zero attached hydrogens (tertiary/aromatic N) is 1. The van der Waals surface area contributed by atoms with Gasteiger partial charge in [-0.25, -0.2) is 0 Å². The molecule has 0 aliphatic rings. The number of hydrogen-bond acceptors (Lipinski definition) is 3. The predicted octanol–water partition coefficient (Wildman–Crippen LogP) is 7.30. The van der Waals surface area contributed by atoms with Crippen molar-refractivity contribution in [1.29, 1.82) is 5.26 Å². The molecule has 3 rings (SSSR count). The summed E-state index contributed by atoms with van der Waals surface area (Å²) in [6, 6.07) is 20.3. The minimum absolute atomic E-state index is 0.0259. The van der Waals surface area contributed by atoms with Crippen molar-refractivity contribution in [3.8, 4) is 11.8 Å². The normalized spacial score (nSPS) is 11.0. The van der Waals surface area contributed by atoms with Gasteiger partial charge in [0, 0.05) is 10.7 Å². The van der Waals surface area contributed by atoms with Crippen LogP contribution in [-0.4, -0.2) is 5.91 Å². The van der Waals surface area contributed by atoms with Crippen molar-refractivity contribution in [2.45, 2.75) is 13.5 Å². The van der Waals surface area contributed by atoms with Crippen LogP contribution in [0.3, 0.4) is 0 Å². The number of amides is 1. The van der Waals surface area contributed by atoms with Gasteiger partial charge in [0.1, 0.15) is 24.0 Å². The van der Waals surface area contributed by atoms with Gasteiger partial charge in [0.2, 0.25) is 0 Å². The molecule has 1 amide bonds. The van der Waals surface area contributed by atoms with E-state index in [2.05, 4.69) is 37.2 Å². The standard InChI is InChI=1S/C24H17Br2ClN2O2/c1-15-2-4-16(5-3-15)14-31-23-21(25)11-17(12-22(23)26)10-18(13-28)24(30)29-20-8-6-19(27)7-9-20/h2-12H,14H2,1H3,(H,29,30)/b18-10-. The molecule has 0 bridgehead atoms. The predicted molar refractivity (Wildman–Crippen MR) is 131 cm³/mol. The Morgan fingerprint density at radius 1 is 1.10 bits per heavy atom. The highest BCUT2D eigenvalue weighted by Crippen LogP contribution is 2.36. The summed E-state index contributed by atoms with van der Waals surface area (Å²) in [5, 5.41) is 12.7. The van der Waals surface area contributed by atoms with Crippen molar-refractivity contribution >= 4 is 61.1 Å². The van der Waals surface area contributed by atoms with Gasteiger partial charge < -0.3 is 10.1 Å². The SMILES string of the molecule is Cc1ccc(COc2c(Br)cc(/C=C(/C#N)C(=O)Nc3ccc(Cl)cc3)cc2Br)cc1. The zero-order valence-electron chi connectivity index (χ0n) is 16.5. The van der Waals surface area contributed by atoms with Gasteiger partial charge in [-0.15, -0.1) is 0 Å². The fourth-order valence-corrected chi connectivity index (χ4v) is 4.26. The van der Waals surface area contributed by atoms with Crippen LogP contribution in [0.1, 0.15) is 16.7 Å². The van der Waals surface area contributed by atoms with Crippen molar-refractivity contribution in [2.24, 2.45) is 0 Å². The lowest BCUT2D eigenvalue weighted by molar-refractivity contribution is -0.112. The second-order valence-electron chi connectivity index (χ2n) is 6.72. The van der Waals surface area contributed by atoms with E-state index in [0.717, 1.165) is 5.56 Å². The molecule has 7 heteroatoms. The molecule has 3 aromatic rings. The number of halogens is 3. The molecule has 0 atom stereocenters. The number of anilines is 1. The second kappa shape index (κ2) is 10.6. The van der Waals surface area contributed by atoms with Crippen LogP contribution in [-0.2, 0) is 11.4 Å². The Hall–Kier alpha value is -2.59. The van der Waals surface area contributed by atoms with Gasteiger partial charge >= 0.3 is 0 Å². The summed E-state index contributed by atoms with van der Waals surface area (Å²) in [7, 11) is 0. The van der Waals surface area contributed by atoms with E-state index in [4.69, 9.17) is 16.3 Å². The molecule has 0 heterocycles. The first kappa shape index (κ1) is 23.1. The Balaban J connectivity index is 1.76. The number of hydrogen-bond donors (Lipinski definition) is 1. The van der Waals surface area contributed by atoms with E-state index < -0.39 is 5.91 Å². The third kappa shape index (κ3) is 6.44. The number of nitrogens with one attached hydrogen (secondary N) is 1. The van der Waals surface area contributed by atoms with Crippen LogP contribution in [0.4, 0.5) is 5.69 Å². The van der Waals surface area contributed by atoms with E-state index in [1.54, 1.807) is 36.4 Å². The molecule has 0 unspecified atom stereocenters. The maximum atomic E-state index is 12.5. The molecule has 156 valence electrons. The maximum Gasteiger partial charge on any atom is 0.266 e. The Bertz CT molecular complexity index is 1140. The van der Waals surface area contributed by atoms with Gasteiger partial charge in [-0.1, -0.05) is 41.4 Å². The highest BCUT2D eigenvalue weighted by Gasteiger charge is 2.13. The smallest absolute Gasteiger partial charge is 0.266 e. The molecule has 0 saturated carbocycles. The fourth-order valence-electron chi connectivity index (χ4n) is 2.69. The summed E-state index contributed by atoms with van der Waals surface area (Å²) < 4.78 is 7.35. The maximum absolute atomic E-state index is 12.5. The minimum atomic E-state index is -0.503. The molecule has 0 spiro atoms. The van der Waals surface area contributed by atoms with Crippen LogP contribution in [0.2, 0.25) is 5.02 Å². The zero-order chi connectivity index (χ0) is 22.4. The van der Waals surface area contributed by atoms with Crippen molar-refractivity contribution in [3.05, 3.63) is 96.9 Å². The molecule has 3 aromatic carbocycles. The molecule has 0 saturated heterocycles. The number of ether oxygens (including phenoxy) is 1. The quantitative estimate of drug-likeness (QED) is 0.254. The molecule has 0 fully saturated rings. The van der Waals surface area contributed by atoms with Crippen molar-refractivity contribution in [1.82, 2.24) is 0 Å². The van der Waals surface area contributed by atoms with E-state index in [0.29, 0.717) is 37.6 Å². The van der Waals surface area contributed by atoms with Gasteiger partial charge in [0.25, 0.3) is 5.91 Å². The second-order valence-corrected chi connectivity index (χ2v) is 8.86. The van der Waals surface area contributed by atoms with Crippen LogP contribution < -0.4 is 10.1 Å². The number of nitriles is 1. The number of aryl methyl sites for hydroxylation is 1. The van der Waals surface area contributed by atoms with Crippen LogP contribution in [0, 0.1) is 18.3 Å². The Kier molecular flexibility index (Phi) is 7.91. The molecule has 0 aliphatic heterocycles. The lowest BCUT2D eigenvalue weighted by Gasteiger charge is -2.12. The topological polar surface area (TPSA) is 62.1 Å². The third-order valence-corrected chi connectivity index (χ3v) is 5.73. The van der Waals surface area contributed by atoms with E-state index in [1.807, 2.05) is 37.3 Å². The first-order chi connectivity index (χ1) is 14.9. The number of rotatable bonds is 6. The number of carbonyl (C=O) groups excluding carboxylic acids is 1. The first-order valence-corrected chi connectivity index (χ1v) is 11.2. The van der Waals surface area contributed by atoms with Gasteiger partial charge in [0.05, 0.1) is 8.95 Å². The molecular weight excluding hydrogens is 544 g/mol. The monoisotopic (exact) mass is 558 g/mol. The average Bonchev–Trinajstić information content (AvgIpc) is 2.74. The zero-order valence-corrected chi connectivity index (χ0v) is 20.4. The van der Waals surface area contributed by atoms with E-state index in [9.17, 15) is 10.1 Å². The van der Waals surface area contributed by atoms with E-state index in [-0.39, 0.29) is 5.57 Å². The molecule has 31 heavy (non-hydrogen) atoms. The number of carbonyl (C=O) groups is 1. The van der Waals surface area contributed by atoms with Crippen molar-refractivity contribution in [2.75, 3.05) is 5.32 Å². The van der Waals surface area contributed by atoms with Gasteiger partial charge in [-0.2, -0.15) is 5.26 Å². The Morgan fingerprint density at radius 3 is 2.29 bits per heavy atom. The lowest BCUT2D eigenvalue weighted by atomic mass is 10.1. The highest BCUT2D eigenvalue weighted by molar-refractivity contribution is 9.11. The van der Waals surface area contributed by atoms with Crippen LogP contribution >= 0.6 is 43.5 Å². The summed E-state index contributed by atoms with van der Waals surface area (Å²) in [5.74, 6) is 0.138.